The van der Waals surface area contributed by atoms with Crippen LogP contribution in [0.4, 0.5) is 0 Å². The van der Waals surface area contributed by atoms with Crippen LogP contribution >= 0.6 is 23.1 Å². The zero-order chi connectivity index (χ0) is 11.2. The van der Waals surface area contributed by atoms with E-state index in [0.717, 1.165) is 32.6 Å². The maximum atomic E-state index is 11.9. The molecule has 0 atom stereocenters. The predicted molar refractivity (Wildman–Crippen MR) is 69.1 cm³/mol. The molecule has 0 aromatic carbocycles. The number of carbonyl (C=O) groups excluding carboxylic acids is 1. The minimum Gasteiger partial charge on any atom is -0.341 e. The zero-order valence-corrected chi connectivity index (χ0v) is 10.8. The third-order valence-electron chi connectivity index (χ3n) is 2.53. The first-order valence-corrected chi connectivity index (χ1v) is 7.37. The molecule has 88 valence electrons. The maximum absolute atomic E-state index is 11.9. The second kappa shape index (κ2) is 6.27. The van der Waals surface area contributed by atoms with Crippen LogP contribution in [0.25, 0.3) is 0 Å². The highest BCUT2D eigenvalue weighted by Gasteiger charge is 2.15. The molecule has 0 bridgehead atoms. The first kappa shape index (κ1) is 12.0. The zero-order valence-electron chi connectivity index (χ0n) is 9.15. The Kier molecular flexibility index (Phi) is 4.69. The molecule has 1 aliphatic rings. The van der Waals surface area contributed by atoms with Crippen molar-refractivity contribution in [3.63, 3.8) is 0 Å². The van der Waals surface area contributed by atoms with E-state index < -0.39 is 0 Å². The normalized spacial score (nSPS) is 17.1. The van der Waals surface area contributed by atoms with Gasteiger partial charge in [-0.05, 0) is 24.4 Å². The van der Waals surface area contributed by atoms with Gasteiger partial charge in [-0.2, -0.15) is 0 Å². The summed E-state index contributed by atoms with van der Waals surface area (Å²) in [7, 11) is 0. The molecule has 16 heavy (non-hydrogen) atoms. The lowest BCUT2D eigenvalue weighted by Crippen LogP contribution is -2.35. The van der Waals surface area contributed by atoms with E-state index in [1.54, 1.807) is 23.1 Å². The summed E-state index contributed by atoms with van der Waals surface area (Å²) in [5.74, 6) is 0.836. The fourth-order valence-corrected chi connectivity index (χ4v) is 3.35. The lowest BCUT2D eigenvalue weighted by atomic mass is 10.4. The Morgan fingerprint density at radius 1 is 1.50 bits per heavy atom. The summed E-state index contributed by atoms with van der Waals surface area (Å²) in [6.45, 7) is 3.71. The number of nitrogens with one attached hydrogen (secondary N) is 1. The molecule has 1 fully saturated rings. The molecule has 0 saturated carbocycles. The maximum Gasteiger partial charge on any atom is 0.233 e. The van der Waals surface area contributed by atoms with Gasteiger partial charge in [-0.1, -0.05) is 6.07 Å². The number of nitrogens with zero attached hydrogens (tertiary/aromatic N) is 1. The van der Waals surface area contributed by atoms with Gasteiger partial charge in [0.1, 0.15) is 0 Å². The second-order valence-electron chi connectivity index (χ2n) is 3.71. The van der Waals surface area contributed by atoms with Gasteiger partial charge in [-0.3, -0.25) is 4.79 Å². The van der Waals surface area contributed by atoms with Crippen LogP contribution in [-0.4, -0.2) is 42.7 Å². The van der Waals surface area contributed by atoms with Crippen LogP contribution in [-0.2, 0) is 4.79 Å². The van der Waals surface area contributed by atoms with Crippen LogP contribution < -0.4 is 5.32 Å². The molecule has 1 N–H and O–H groups in total. The average molecular weight is 256 g/mol. The van der Waals surface area contributed by atoms with E-state index in [-0.39, 0.29) is 5.91 Å². The molecule has 5 heteroatoms. The van der Waals surface area contributed by atoms with Gasteiger partial charge in [-0.25, -0.2) is 0 Å². The van der Waals surface area contributed by atoms with E-state index >= 15 is 0 Å². The van der Waals surface area contributed by atoms with Crippen LogP contribution in [0.2, 0.25) is 0 Å². The fourth-order valence-electron chi connectivity index (χ4n) is 1.66. The van der Waals surface area contributed by atoms with E-state index in [1.807, 2.05) is 16.3 Å². The van der Waals surface area contributed by atoms with E-state index in [9.17, 15) is 4.79 Å². The number of hydrogen-bond acceptors (Lipinski definition) is 4. The summed E-state index contributed by atoms with van der Waals surface area (Å²) in [5, 5.41) is 5.35. The third-order valence-corrected chi connectivity index (χ3v) is 4.64. The molecule has 0 spiro atoms. The molecule has 0 radical (unpaired) electrons. The highest BCUT2D eigenvalue weighted by atomic mass is 32.2. The van der Waals surface area contributed by atoms with Crippen molar-refractivity contribution in [3.8, 4) is 0 Å². The molecular formula is C11H16N2OS2. The van der Waals surface area contributed by atoms with E-state index in [1.165, 1.54) is 4.21 Å². The number of thiophene rings is 1. The summed E-state index contributed by atoms with van der Waals surface area (Å²) in [6, 6.07) is 4.08. The second-order valence-corrected chi connectivity index (χ2v) is 5.93. The molecule has 1 amide bonds. The molecule has 2 heterocycles. The Morgan fingerprint density at radius 2 is 2.44 bits per heavy atom. The van der Waals surface area contributed by atoms with Crippen LogP contribution in [0.3, 0.4) is 0 Å². The first-order chi connectivity index (χ1) is 7.86. The summed E-state index contributed by atoms with van der Waals surface area (Å²) in [5.41, 5.74) is 0. The monoisotopic (exact) mass is 256 g/mol. The third kappa shape index (κ3) is 3.50. The minimum atomic E-state index is 0.266. The standard InChI is InChI=1S/C11H16N2OS2/c14-10(9-16-11-3-1-8-15-11)13-6-2-4-12-5-7-13/h1,3,8,12H,2,4-7,9H2. The molecule has 0 unspecified atom stereocenters. The number of thioether (sulfide) groups is 1. The lowest BCUT2D eigenvalue weighted by molar-refractivity contribution is -0.128. The van der Waals surface area contributed by atoms with E-state index in [0.29, 0.717) is 5.75 Å². The van der Waals surface area contributed by atoms with Gasteiger partial charge < -0.3 is 10.2 Å². The summed E-state index contributed by atoms with van der Waals surface area (Å²) in [6.07, 6.45) is 1.06. The molecule has 1 aromatic rings. The van der Waals surface area contributed by atoms with Crippen LogP contribution in [0.5, 0.6) is 0 Å². The summed E-state index contributed by atoms with van der Waals surface area (Å²) >= 11 is 3.34. The van der Waals surface area contributed by atoms with Gasteiger partial charge >= 0.3 is 0 Å². The van der Waals surface area contributed by atoms with E-state index in [4.69, 9.17) is 0 Å². The topological polar surface area (TPSA) is 32.3 Å². The molecule has 2 rings (SSSR count). The number of rotatable bonds is 3. The predicted octanol–water partition coefficient (Wildman–Crippen LogP) is 1.66. The highest BCUT2D eigenvalue weighted by Crippen LogP contribution is 2.23. The van der Waals surface area contributed by atoms with Gasteiger partial charge in [0.25, 0.3) is 0 Å². The molecule has 3 nitrogen and oxygen atoms in total. The number of amides is 1. The highest BCUT2D eigenvalue weighted by molar-refractivity contribution is 8.01. The van der Waals surface area contributed by atoms with Crippen molar-refractivity contribution in [3.05, 3.63) is 17.5 Å². The Hall–Kier alpha value is -0.520. The van der Waals surface area contributed by atoms with Crippen molar-refractivity contribution in [1.82, 2.24) is 10.2 Å². The Balaban J connectivity index is 1.78. The summed E-state index contributed by atoms with van der Waals surface area (Å²) < 4.78 is 1.22. The van der Waals surface area contributed by atoms with Crippen LogP contribution in [0, 0.1) is 0 Å². The number of carbonyl (C=O) groups is 1. The van der Waals surface area contributed by atoms with Gasteiger partial charge in [0.05, 0.1) is 9.96 Å². The Labute approximate surface area is 104 Å². The first-order valence-electron chi connectivity index (χ1n) is 5.51. The van der Waals surface area contributed by atoms with E-state index in [2.05, 4.69) is 11.4 Å². The van der Waals surface area contributed by atoms with Gasteiger partial charge in [-0.15, -0.1) is 23.1 Å². The largest absolute Gasteiger partial charge is 0.341 e. The Morgan fingerprint density at radius 3 is 3.25 bits per heavy atom. The van der Waals surface area contributed by atoms with Crippen molar-refractivity contribution in [2.75, 3.05) is 31.9 Å². The SMILES string of the molecule is O=C(CSc1cccs1)N1CCCNCC1. The molecule has 1 aliphatic heterocycles. The van der Waals surface area contributed by atoms with Gasteiger partial charge in [0, 0.05) is 19.6 Å². The van der Waals surface area contributed by atoms with Crippen LogP contribution in [0.15, 0.2) is 21.7 Å². The molecule has 0 aliphatic carbocycles. The fraction of sp³-hybridized carbons (Fsp3) is 0.545. The molecular weight excluding hydrogens is 240 g/mol. The quantitative estimate of drug-likeness (QED) is 0.835. The smallest absolute Gasteiger partial charge is 0.233 e. The molecule has 1 aromatic heterocycles. The molecule has 1 saturated heterocycles. The van der Waals surface area contributed by atoms with Crippen molar-refractivity contribution < 1.29 is 4.79 Å². The van der Waals surface area contributed by atoms with Gasteiger partial charge in [0.2, 0.25) is 5.91 Å². The number of hydrogen-bond donors (Lipinski definition) is 1. The van der Waals surface area contributed by atoms with Crippen LogP contribution in [0.1, 0.15) is 6.42 Å². The minimum absolute atomic E-state index is 0.266. The van der Waals surface area contributed by atoms with Crippen molar-refractivity contribution in [2.45, 2.75) is 10.6 Å². The van der Waals surface area contributed by atoms with Crippen molar-refractivity contribution >= 4 is 29.0 Å². The summed E-state index contributed by atoms with van der Waals surface area (Å²) in [4.78, 5) is 13.9. The van der Waals surface area contributed by atoms with Crippen molar-refractivity contribution in [1.29, 1.82) is 0 Å². The Bertz CT molecular complexity index is 319. The van der Waals surface area contributed by atoms with Gasteiger partial charge in [0.15, 0.2) is 0 Å². The average Bonchev–Trinajstić information content (AvgIpc) is 2.66. The lowest BCUT2D eigenvalue weighted by Gasteiger charge is -2.19. The van der Waals surface area contributed by atoms with Crippen molar-refractivity contribution in [2.24, 2.45) is 0 Å².